The number of hydrogen-bond acceptors (Lipinski definition) is 3. The van der Waals surface area contributed by atoms with Crippen LogP contribution in [-0.2, 0) is 4.79 Å². The molecule has 1 heterocycles. The van der Waals surface area contributed by atoms with Crippen molar-refractivity contribution in [2.24, 2.45) is 11.8 Å². The van der Waals surface area contributed by atoms with Crippen molar-refractivity contribution in [3.8, 4) is 0 Å². The van der Waals surface area contributed by atoms with Gasteiger partial charge in [-0.1, -0.05) is 27.7 Å². The van der Waals surface area contributed by atoms with E-state index in [1.54, 1.807) is 0 Å². The van der Waals surface area contributed by atoms with Crippen LogP contribution in [0.15, 0.2) is 0 Å². The lowest BCUT2D eigenvalue weighted by Crippen LogP contribution is -2.41. The molecule has 0 saturated carbocycles. The highest BCUT2D eigenvalue weighted by Crippen LogP contribution is 2.16. The van der Waals surface area contributed by atoms with Crippen molar-refractivity contribution in [3.05, 3.63) is 0 Å². The van der Waals surface area contributed by atoms with Gasteiger partial charge in [-0.05, 0) is 38.4 Å². The van der Waals surface area contributed by atoms with E-state index in [-0.39, 0.29) is 5.92 Å². The van der Waals surface area contributed by atoms with Crippen molar-refractivity contribution >= 4 is 5.78 Å². The van der Waals surface area contributed by atoms with Crippen molar-refractivity contribution in [2.75, 3.05) is 26.2 Å². The second-order valence-electron chi connectivity index (χ2n) is 5.90. The third-order valence-corrected chi connectivity index (χ3v) is 3.55. The van der Waals surface area contributed by atoms with Crippen LogP contribution >= 0.6 is 0 Å². The molecule has 1 aliphatic rings. The van der Waals surface area contributed by atoms with E-state index in [9.17, 15) is 4.79 Å². The van der Waals surface area contributed by atoms with Crippen LogP contribution in [0.25, 0.3) is 0 Å². The van der Waals surface area contributed by atoms with Gasteiger partial charge in [0.15, 0.2) is 0 Å². The standard InChI is InChI=1S/C14H28N2O/c1-11(2)14(17)10-16-7-5-13(6-8-16)9-15-12(3)4/h11-13,15H,5-10H2,1-4H3. The molecule has 0 aromatic heterocycles. The van der Waals surface area contributed by atoms with Crippen LogP contribution in [0.1, 0.15) is 40.5 Å². The summed E-state index contributed by atoms with van der Waals surface area (Å²) in [7, 11) is 0. The van der Waals surface area contributed by atoms with Crippen LogP contribution in [0, 0.1) is 11.8 Å². The first-order valence-electron chi connectivity index (χ1n) is 6.97. The lowest BCUT2D eigenvalue weighted by atomic mass is 9.96. The Bertz CT molecular complexity index is 230. The monoisotopic (exact) mass is 240 g/mol. The van der Waals surface area contributed by atoms with E-state index >= 15 is 0 Å². The molecule has 0 spiro atoms. The average Bonchev–Trinajstić information content (AvgIpc) is 2.28. The zero-order valence-electron chi connectivity index (χ0n) is 11.8. The highest BCUT2D eigenvalue weighted by Gasteiger charge is 2.21. The van der Waals surface area contributed by atoms with Crippen molar-refractivity contribution in [1.29, 1.82) is 0 Å². The maximum absolute atomic E-state index is 11.7. The van der Waals surface area contributed by atoms with Crippen molar-refractivity contribution in [2.45, 2.75) is 46.6 Å². The molecule has 3 nitrogen and oxygen atoms in total. The predicted octanol–water partition coefficient (Wildman–Crippen LogP) is 1.92. The van der Waals surface area contributed by atoms with E-state index in [0.29, 0.717) is 18.4 Å². The summed E-state index contributed by atoms with van der Waals surface area (Å²) < 4.78 is 0. The first-order chi connectivity index (χ1) is 7.99. The molecule has 0 radical (unpaired) electrons. The molecule has 17 heavy (non-hydrogen) atoms. The second-order valence-corrected chi connectivity index (χ2v) is 5.90. The van der Waals surface area contributed by atoms with Crippen molar-refractivity contribution in [1.82, 2.24) is 10.2 Å². The number of nitrogens with one attached hydrogen (secondary N) is 1. The van der Waals surface area contributed by atoms with Crippen LogP contribution in [-0.4, -0.2) is 42.9 Å². The summed E-state index contributed by atoms with van der Waals surface area (Å²) in [4.78, 5) is 14.0. The molecule has 1 aliphatic heterocycles. The number of likely N-dealkylation sites (tertiary alicyclic amines) is 1. The number of nitrogens with zero attached hydrogens (tertiary/aromatic N) is 1. The van der Waals surface area contributed by atoms with Crippen LogP contribution in [0.3, 0.4) is 0 Å². The topological polar surface area (TPSA) is 32.3 Å². The first-order valence-corrected chi connectivity index (χ1v) is 6.97. The highest BCUT2D eigenvalue weighted by atomic mass is 16.1. The van der Waals surface area contributed by atoms with E-state index in [4.69, 9.17) is 0 Å². The molecule has 1 N–H and O–H groups in total. The Hall–Kier alpha value is -0.410. The Balaban J connectivity index is 2.19. The molecule has 0 aromatic rings. The average molecular weight is 240 g/mol. The summed E-state index contributed by atoms with van der Waals surface area (Å²) >= 11 is 0. The lowest BCUT2D eigenvalue weighted by Gasteiger charge is -2.32. The SMILES string of the molecule is CC(C)NCC1CCN(CC(=O)C(C)C)CC1. The summed E-state index contributed by atoms with van der Waals surface area (Å²) in [5, 5.41) is 3.50. The van der Waals surface area contributed by atoms with Gasteiger partial charge in [0.25, 0.3) is 0 Å². The fourth-order valence-electron chi connectivity index (χ4n) is 2.15. The molecular formula is C14H28N2O. The number of hydrogen-bond donors (Lipinski definition) is 1. The van der Waals surface area contributed by atoms with E-state index in [2.05, 4.69) is 24.1 Å². The quantitative estimate of drug-likeness (QED) is 0.770. The van der Waals surface area contributed by atoms with Gasteiger partial charge in [-0.3, -0.25) is 9.69 Å². The zero-order chi connectivity index (χ0) is 12.8. The Morgan fingerprint density at radius 3 is 2.29 bits per heavy atom. The van der Waals surface area contributed by atoms with Gasteiger partial charge in [0, 0.05) is 12.0 Å². The summed E-state index contributed by atoms with van der Waals surface area (Å²) in [5.74, 6) is 1.35. The Kier molecular flexibility index (Phi) is 6.14. The van der Waals surface area contributed by atoms with Crippen molar-refractivity contribution < 1.29 is 4.79 Å². The minimum atomic E-state index is 0.176. The van der Waals surface area contributed by atoms with Gasteiger partial charge < -0.3 is 5.32 Å². The molecule has 0 aromatic carbocycles. The van der Waals surface area contributed by atoms with Gasteiger partial charge in [-0.25, -0.2) is 0 Å². The number of piperidine rings is 1. The number of carbonyl (C=O) groups excluding carboxylic acids is 1. The van der Waals surface area contributed by atoms with Gasteiger partial charge >= 0.3 is 0 Å². The molecule has 0 aliphatic carbocycles. The van der Waals surface area contributed by atoms with Gasteiger partial charge in [-0.2, -0.15) is 0 Å². The molecule has 1 fully saturated rings. The lowest BCUT2D eigenvalue weighted by molar-refractivity contribution is -0.123. The molecule has 1 rings (SSSR count). The smallest absolute Gasteiger partial charge is 0.149 e. The minimum Gasteiger partial charge on any atom is -0.314 e. The third kappa shape index (κ3) is 5.64. The maximum atomic E-state index is 11.7. The molecule has 0 unspecified atom stereocenters. The Morgan fingerprint density at radius 2 is 1.82 bits per heavy atom. The summed E-state index contributed by atoms with van der Waals surface area (Å²) in [5.41, 5.74) is 0. The normalized spacial score (nSPS) is 19.2. The van der Waals surface area contributed by atoms with E-state index in [0.717, 1.165) is 25.6 Å². The maximum Gasteiger partial charge on any atom is 0.149 e. The molecule has 0 amide bonds. The van der Waals surface area contributed by atoms with E-state index in [1.807, 2.05) is 13.8 Å². The fourth-order valence-corrected chi connectivity index (χ4v) is 2.15. The van der Waals surface area contributed by atoms with E-state index in [1.165, 1.54) is 12.8 Å². The summed E-state index contributed by atoms with van der Waals surface area (Å²) in [6, 6.07) is 0.579. The van der Waals surface area contributed by atoms with Crippen LogP contribution in [0.2, 0.25) is 0 Å². The molecule has 3 heteroatoms. The minimum absolute atomic E-state index is 0.176. The van der Waals surface area contributed by atoms with Crippen LogP contribution in [0.5, 0.6) is 0 Å². The molecule has 0 bridgehead atoms. The van der Waals surface area contributed by atoms with Gasteiger partial charge in [0.2, 0.25) is 0 Å². The summed E-state index contributed by atoms with van der Waals surface area (Å²) in [6.45, 7) is 12.3. The molecule has 1 saturated heterocycles. The predicted molar refractivity (Wildman–Crippen MR) is 72.1 cm³/mol. The summed E-state index contributed by atoms with van der Waals surface area (Å²) in [6.07, 6.45) is 2.45. The first kappa shape index (κ1) is 14.7. The molecule has 100 valence electrons. The number of rotatable bonds is 6. The van der Waals surface area contributed by atoms with Gasteiger partial charge in [-0.15, -0.1) is 0 Å². The van der Waals surface area contributed by atoms with Crippen molar-refractivity contribution in [3.63, 3.8) is 0 Å². The molecule has 0 atom stereocenters. The highest BCUT2D eigenvalue weighted by molar-refractivity contribution is 5.82. The van der Waals surface area contributed by atoms with Gasteiger partial charge in [0.05, 0.1) is 6.54 Å². The van der Waals surface area contributed by atoms with Gasteiger partial charge in [0.1, 0.15) is 5.78 Å². The zero-order valence-corrected chi connectivity index (χ0v) is 11.8. The largest absolute Gasteiger partial charge is 0.314 e. The Morgan fingerprint density at radius 1 is 1.24 bits per heavy atom. The fraction of sp³-hybridized carbons (Fsp3) is 0.929. The van der Waals surface area contributed by atoms with E-state index < -0.39 is 0 Å². The second kappa shape index (κ2) is 7.12. The number of carbonyl (C=O) groups is 1. The van der Waals surface area contributed by atoms with Crippen LogP contribution < -0.4 is 5.32 Å². The van der Waals surface area contributed by atoms with Crippen LogP contribution in [0.4, 0.5) is 0 Å². The number of Topliss-reactive ketones (excluding diaryl/α,β-unsaturated/α-hetero) is 1. The molecular weight excluding hydrogens is 212 g/mol. The third-order valence-electron chi connectivity index (χ3n) is 3.55. The Labute approximate surface area is 106 Å². The number of ketones is 1.